The highest BCUT2D eigenvalue weighted by atomic mass is 16.2. The average molecular weight is 439 g/mol. The van der Waals surface area contributed by atoms with Crippen LogP contribution in [0.4, 0.5) is 11.4 Å². The molecule has 0 bridgehead atoms. The molecule has 0 radical (unpaired) electrons. The van der Waals surface area contributed by atoms with E-state index >= 15 is 0 Å². The van der Waals surface area contributed by atoms with Crippen LogP contribution in [-0.4, -0.2) is 41.8 Å². The summed E-state index contributed by atoms with van der Waals surface area (Å²) >= 11 is 0. The van der Waals surface area contributed by atoms with E-state index in [9.17, 15) is 14.4 Å². The van der Waals surface area contributed by atoms with E-state index in [1.807, 2.05) is 49.1 Å². The Bertz CT molecular complexity index is 884. The largest absolute Gasteiger partial charge is 0.348 e. The quantitative estimate of drug-likeness (QED) is 0.495. The zero-order chi connectivity index (χ0) is 23.5. The van der Waals surface area contributed by atoms with Crippen molar-refractivity contribution in [3.05, 3.63) is 60.2 Å². The second kappa shape index (κ2) is 12.6. The number of nitrogens with zero attached hydrogens (tertiary/aromatic N) is 1. The molecule has 32 heavy (non-hydrogen) atoms. The van der Waals surface area contributed by atoms with Crippen molar-refractivity contribution in [2.24, 2.45) is 0 Å². The molecule has 0 spiro atoms. The Balaban J connectivity index is 1.95. The van der Waals surface area contributed by atoms with E-state index in [1.165, 1.54) is 6.92 Å². The molecule has 0 heterocycles. The standard InChI is InChI=1S/C25H34N4O3/c1-5-10-23(20-11-8-7-9-12-20)28-25(32)18(3)29(6-2)17-24(31)27-22-15-13-21(14-16-22)26-19(4)30/h7-9,11-16,18,23H,5-6,10,17H2,1-4H3,(H,26,30)(H,27,31)(H,28,32). The zero-order valence-corrected chi connectivity index (χ0v) is 19.4. The SMILES string of the molecule is CCCC(NC(=O)C(C)N(CC)CC(=O)Nc1ccc(NC(C)=O)cc1)c1ccccc1. The summed E-state index contributed by atoms with van der Waals surface area (Å²) in [6.07, 6.45) is 1.80. The number of carbonyl (C=O) groups excluding carboxylic acids is 3. The van der Waals surface area contributed by atoms with Crippen LogP contribution in [0.5, 0.6) is 0 Å². The predicted molar refractivity (Wildman–Crippen MR) is 128 cm³/mol. The lowest BCUT2D eigenvalue weighted by Crippen LogP contribution is -2.48. The number of benzene rings is 2. The molecule has 172 valence electrons. The summed E-state index contributed by atoms with van der Waals surface area (Å²) in [5, 5.41) is 8.68. The molecule has 3 amide bonds. The average Bonchev–Trinajstić information content (AvgIpc) is 2.78. The monoisotopic (exact) mass is 438 g/mol. The van der Waals surface area contributed by atoms with Gasteiger partial charge in [-0.25, -0.2) is 0 Å². The molecule has 0 aromatic heterocycles. The van der Waals surface area contributed by atoms with E-state index in [4.69, 9.17) is 0 Å². The molecular weight excluding hydrogens is 404 g/mol. The molecule has 0 aliphatic carbocycles. The van der Waals surface area contributed by atoms with Gasteiger partial charge in [0.2, 0.25) is 17.7 Å². The number of nitrogens with one attached hydrogen (secondary N) is 3. The van der Waals surface area contributed by atoms with Crippen molar-refractivity contribution < 1.29 is 14.4 Å². The van der Waals surface area contributed by atoms with Crippen molar-refractivity contribution in [1.29, 1.82) is 0 Å². The Morgan fingerprint density at radius 1 is 0.906 bits per heavy atom. The summed E-state index contributed by atoms with van der Waals surface area (Å²) in [6, 6.07) is 16.3. The van der Waals surface area contributed by atoms with Gasteiger partial charge in [-0.3, -0.25) is 19.3 Å². The van der Waals surface area contributed by atoms with Crippen molar-refractivity contribution in [2.45, 2.75) is 52.6 Å². The van der Waals surface area contributed by atoms with E-state index in [0.717, 1.165) is 18.4 Å². The van der Waals surface area contributed by atoms with E-state index in [2.05, 4.69) is 22.9 Å². The normalized spacial score (nSPS) is 12.7. The Morgan fingerprint density at radius 3 is 2.03 bits per heavy atom. The zero-order valence-electron chi connectivity index (χ0n) is 19.4. The number of likely N-dealkylation sites (N-methyl/N-ethyl adjacent to an activating group) is 1. The summed E-state index contributed by atoms with van der Waals surface area (Å²) in [5.74, 6) is -0.449. The minimum atomic E-state index is -0.448. The third-order valence-electron chi connectivity index (χ3n) is 5.26. The molecule has 0 aliphatic heterocycles. The summed E-state index contributed by atoms with van der Waals surface area (Å²) in [4.78, 5) is 38.5. The van der Waals surface area contributed by atoms with Gasteiger partial charge in [-0.1, -0.05) is 50.6 Å². The Morgan fingerprint density at radius 2 is 1.50 bits per heavy atom. The van der Waals surface area contributed by atoms with E-state index in [-0.39, 0.29) is 30.3 Å². The maximum absolute atomic E-state index is 12.9. The van der Waals surface area contributed by atoms with Crippen LogP contribution in [0.25, 0.3) is 0 Å². The molecule has 7 nitrogen and oxygen atoms in total. The number of carbonyl (C=O) groups is 3. The molecule has 2 aromatic rings. The van der Waals surface area contributed by atoms with Gasteiger partial charge in [0.15, 0.2) is 0 Å². The van der Waals surface area contributed by atoms with Crippen molar-refractivity contribution >= 4 is 29.1 Å². The first kappa shape index (κ1) is 25.1. The lowest BCUT2D eigenvalue weighted by atomic mass is 10.0. The van der Waals surface area contributed by atoms with Gasteiger partial charge < -0.3 is 16.0 Å². The van der Waals surface area contributed by atoms with Gasteiger partial charge in [0.05, 0.1) is 18.6 Å². The summed E-state index contributed by atoms with van der Waals surface area (Å²) in [7, 11) is 0. The topological polar surface area (TPSA) is 90.5 Å². The molecule has 2 unspecified atom stereocenters. The molecule has 0 saturated carbocycles. The van der Waals surface area contributed by atoms with Crippen LogP contribution in [0.2, 0.25) is 0 Å². The molecule has 0 aliphatic rings. The van der Waals surface area contributed by atoms with Crippen LogP contribution in [0.3, 0.4) is 0 Å². The minimum Gasteiger partial charge on any atom is -0.348 e. The fourth-order valence-electron chi connectivity index (χ4n) is 3.50. The number of hydrogen-bond donors (Lipinski definition) is 3. The predicted octanol–water partition coefficient (Wildman–Crippen LogP) is 3.95. The number of amides is 3. The molecular formula is C25H34N4O3. The van der Waals surface area contributed by atoms with Crippen molar-refractivity contribution in [3.63, 3.8) is 0 Å². The third-order valence-corrected chi connectivity index (χ3v) is 5.26. The molecule has 2 rings (SSSR count). The van der Waals surface area contributed by atoms with Gasteiger partial charge >= 0.3 is 0 Å². The van der Waals surface area contributed by atoms with Crippen molar-refractivity contribution in [2.75, 3.05) is 23.7 Å². The first-order valence-electron chi connectivity index (χ1n) is 11.1. The Hall–Kier alpha value is -3.19. The van der Waals surface area contributed by atoms with E-state index in [1.54, 1.807) is 24.3 Å². The van der Waals surface area contributed by atoms with Gasteiger partial charge in [-0.05, 0) is 49.7 Å². The number of rotatable bonds is 11. The lowest BCUT2D eigenvalue weighted by Gasteiger charge is -2.28. The van der Waals surface area contributed by atoms with Crippen LogP contribution in [-0.2, 0) is 14.4 Å². The molecule has 2 aromatic carbocycles. The van der Waals surface area contributed by atoms with Gasteiger partial charge in [0.25, 0.3) is 0 Å². The fourth-order valence-corrected chi connectivity index (χ4v) is 3.50. The smallest absolute Gasteiger partial charge is 0.238 e. The minimum absolute atomic E-state index is 0.0502. The maximum atomic E-state index is 12.9. The highest BCUT2D eigenvalue weighted by molar-refractivity contribution is 5.93. The highest BCUT2D eigenvalue weighted by Gasteiger charge is 2.24. The fraction of sp³-hybridized carbons (Fsp3) is 0.400. The van der Waals surface area contributed by atoms with Crippen LogP contribution < -0.4 is 16.0 Å². The van der Waals surface area contributed by atoms with Crippen molar-refractivity contribution in [3.8, 4) is 0 Å². The van der Waals surface area contributed by atoms with E-state index < -0.39 is 6.04 Å². The van der Waals surface area contributed by atoms with Gasteiger partial charge in [0.1, 0.15) is 0 Å². The van der Waals surface area contributed by atoms with Crippen LogP contribution in [0, 0.1) is 0 Å². The highest BCUT2D eigenvalue weighted by Crippen LogP contribution is 2.19. The summed E-state index contributed by atoms with van der Waals surface area (Å²) in [5.41, 5.74) is 2.37. The van der Waals surface area contributed by atoms with Crippen LogP contribution in [0.1, 0.15) is 52.1 Å². The summed E-state index contributed by atoms with van der Waals surface area (Å²) in [6.45, 7) is 7.95. The maximum Gasteiger partial charge on any atom is 0.238 e. The number of hydrogen-bond acceptors (Lipinski definition) is 4. The summed E-state index contributed by atoms with van der Waals surface area (Å²) < 4.78 is 0. The third kappa shape index (κ3) is 7.81. The second-order valence-corrected chi connectivity index (χ2v) is 7.81. The molecule has 2 atom stereocenters. The molecule has 7 heteroatoms. The Labute approximate surface area is 190 Å². The molecule has 0 saturated heterocycles. The Kier molecular flexibility index (Phi) is 9.88. The van der Waals surface area contributed by atoms with Crippen molar-refractivity contribution in [1.82, 2.24) is 10.2 Å². The first-order chi connectivity index (χ1) is 15.3. The van der Waals surface area contributed by atoms with Crippen LogP contribution >= 0.6 is 0 Å². The lowest BCUT2D eigenvalue weighted by molar-refractivity contribution is -0.128. The van der Waals surface area contributed by atoms with Gasteiger partial charge in [0, 0.05) is 18.3 Å². The van der Waals surface area contributed by atoms with E-state index in [0.29, 0.717) is 17.9 Å². The molecule has 0 fully saturated rings. The van der Waals surface area contributed by atoms with Gasteiger partial charge in [-0.15, -0.1) is 0 Å². The second-order valence-electron chi connectivity index (χ2n) is 7.81. The molecule has 3 N–H and O–H groups in total. The number of anilines is 2. The van der Waals surface area contributed by atoms with Crippen LogP contribution in [0.15, 0.2) is 54.6 Å². The first-order valence-corrected chi connectivity index (χ1v) is 11.1. The van der Waals surface area contributed by atoms with Gasteiger partial charge in [-0.2, -0.15) is 0 Å².